The van der Waals surface area contributed by atoms with Gasteiger partial charge in [0.25, 0.3) is 15.6 Å². The van der Waals surface area contributed by atoms with Crippen LogP contribution in [0.2, 0.25) is 0 Å². The van der Waals surface area contributed by atoms with Crippen molar-refractivity contribution in [3.63, 3.8) is 0 Å². The Balaban J connectivity index is 1.72. The second-order valence-corrected chi connectivity index (χ2v) is 10.1. The number of halogens is 3. The monoisotopic (exact) mass is 560 g/mol. The number of fused-ring (bicyclic) bond motifs is 1. The molecule has 0 spiro atoms. The molecule has 9 nitrogen and oxygen atoms in total. The maximum Gasteiger partial charge on any atom is 0.432 e. The number of alkyl halides is 3. The molecule has 1 unspecified atom stereocenters. The zero-order chi connectivity index (χ0) is 28.4. The fraction of sp³-hybridized carbons (Fsp3) is 0.192. The highest BCUT2D eigenvalue weighted by Gasteiger charge is 2.62. The molecule has 3 aromatic carbocycles. The second kappa shape index (κ2) is 10.5. The number of hydrogen-bond donors (Lipinski definition) is 3. The van der Waals surface area contributed by atoms with Crippen molar-refractivity contribution in [2.24, 2.45) is 0 Å². The van der Waals surface area contributed by atoms with E-state index in [4.69, 9.17) is 0 Å². The second-order valence-electron chi connectivity index (χ2n) is 8.46. The van der Waals surface area contributed by atoms with Gasteiger partial charge < -0.3 is 15.2 Å². The van der Waals surface area contributed by atoms with Gasteiger partial charge in [-0.15, -0.1) is 0 Å². The van der Waals surface area contributed by atoms with E-state index in [1.165, 1.54) is 31.2 Å². The van der Waals surface area contributed by atoms with Crippen LogP contribution in [0.25, 0.3) is 11.0 Å². The lowest BCUT2D eigenvalue weighted by Crippen LogP contribution is -2.50. The van der Waals surface area contributed by atoms with E-state index in [0.717, 1.165) is 17.7 Å². The molecule has 0 saturated carbocycles. The minimum atomic E-state index is -5.35. The van der Waals surface area contributed by atoms with Gasteiger partial charge >= 0.3 is 12.1 Å². The van der Waals surface area contributed by atoms with Crippen molar-refractivity contribution in [2.45, 2.75) is 30.5 Å². The van der Waals surface area contributed by atoms with E-state index in [1.807, 2.05) is 0 Å². The first-order valence-corrected chi connectivity index (χ1v) is 13.0. The Morgan fingerprint density at radius 2 is 1.56 bits per heavy atom. The summed E-state index contributed by atoms with van der Waals surface area (Å²) in [6.45, 7) is 2.70. The summed E-state index contributed by atoms with van der Waals surface area (Å²) in [5, 5.41) is 13.1. The molecule has 0 fully saturated rings. The number of sulfonamides is 1. The predicted octanol–water partition coefficient (Wildman–Crippen LogP) is 4.80. The van der Waals surface area contributed by atoms with Gasteiger partial charge in [0.1, 0.15) is 0 Å². The molecule has 0 aliphatic carbocycles. The average Bonchev–Trinajstić information content (AvgIpc) is 2.88. The van der Waals surface area contributed by atoms with E-state index >= 15 is 0 Å². The first-order chi connectivity index (χ1) is 18.3. The van der Waals surface area contributed by atoms with Gasteiger partial charge in [-0.3, -0.25) is 4.72 Å². The molecule has 4 aromatic rings. The number of benzene rings is 3. The van der Waals surface area contributed by atoms with E-state index in [0.29, 0.717) is 11.0 Å². The van der Waals surface area contributed by atoms with Crippen LogP contribution in [0.3, 0.4) is 0 Å². The lowest BCUT2D eigenvalue weighted by atomic mass is 9.93. The zero-order valence-electron chi connectivity index (χ0n) is 20.7. The maximum absolute atomic E-state index is 13.7. The molecular formula is C26H23F3N4O5S. The molecule has 0 radical (unpaired) electrons. The molecule has 0 saturated heterocycles. The normalized spacial score (nSPS) is 13.5. The van der Waals surface area contributed by atoms with Crippen molar-refractivity contribution in [3.05, 3.63) is 83.9 Å². The molecule has 39 heavy (non-hydrogen) atoms. The van der Waals surface area contributed by atoms with Gasteiger partial charge in [-0.25, -0.2) is 23.2 Å². The molecular weight excluding hydrogens is 537 g/mol. The number of ether oxygens (including phenoxy) is 1. The Labute approximate surface area is 221 Å². The highest BCUT2D eigenvalue weighted by atomic mass is 32.2. The van der Waals surface area contributed by atoms with E-state index in [1.54, 1.807) is 43.3 Å². The van der Waals surface area contributed by atoms with Crippen molar-refractivity contribution < 1.29 is 36.2 Å². The van der Waals surface area contributed by atoms with Gasteiger partial charge in [0.15, 0.2) is 11.6 Å². The maximum atomic E-state index is 13.7. The SMILES string of the molecule is CCOC(=O)C(O)(c1ccc(Nc2nc3ccccc3nc2NS(=O)(=O)c2cccc(C)c2)cc1)C(F)(F)F. The summed E-state index contributed by atoms with van der Waals surface area (Å²) in [6.07, 6.45) is -5.35. The Kier molecular flexibility index (Phi) is 7.48. The number of nitrogens with one attached hydrogen (secondary N) is 2. The van der Waals surface area contributed by atoms with Crippen LogP contribution in [0.15, 0.2) is 77.7 Å². The number of hydrogen-bond acceptors (Lipinski definition) is 8. The fourth-order valence-corrected chi connectivity index (χ4v) is 4.80. The van der Waals surface area contributed by atoms with Crippen LogP contribution >= 0.6 is 0 Å². The topological polar surface area (TPSA) is 131 Å². The molecule has 204 valence electrons. The minimum absolute atomic E-state index is 0.00170. The summed E-state index contributed by atoms with van der Waals surface area (Å²) in [4.78, 5) is 20.8. The van der Waals surface area contributed by atoms with Crippen molar-refractivity contribution in [2.75, 3.05) is 16.6 Å². The molecule has 4 rings (SSSR count). The van der Waals surface area contributed by atoms with Crippen molar-refractivity contribution >= 4 is 44.3 Å². The van der Waals surface area contributed by atoms with Gasteiger partial charge in [0.2, 0.25) is 0 Å². The van der Waals surface area contributed by atoms with Crippen molar-refractivity contribution in [1.82, 2.24) is 9.97 Å². The molecule has 0 amide bonds. The third-order valence-electron chi connectivity index (χ3n) is 5.65. The highest BCUT2D eigenvalue weighted by molar-refractivity contribution is 7.92. The molecule has 3 N–H and O–H groups in total. The molecule has 13 heteroatoms. The molecule has 0 aliphatic rings. The minimum Gasteiger partial charge on any atom is -0.463 e. The zero-order valence-corrected chi connectivity index (χ0v) is 21.5. The standard InChI is InChI=1S/C26H23F3N4O5S/c1-3-38-24(34)25(35,26(27,28)29)17-11-13-18(14-12-17)30-22-23(32-21-10-5-4-9-20(21)31-22)33-39(36,37)19-8-6-7-16(2)15-19/h4-15,35H,3H2,1-2H3,(H,30,31)(H,32,33). The first kappa shape index (κ1) is 27.8. The van der Waals surface area contributed by atoms with Gasteiger partial charge in [0, 0.05) is 11.3 Å². The Hall–Kier alpha value is -4.23. The molecule has 0 aliphatic heterocycles. The summed E-state index contributed by atoms with van der Waals surface area (Å²) < 4.78 is 74.1. The Morgan fingerprint density at radius 1 is 0.949 bits per heavy atom. The molecule has 1 aromatic heterocycles. The summed E-state index contributed by atoms with van der Waals surface area (Å²) in [6, 6.07) is 17.1. The molecule has 1 heterocycles. The summed E-state index contributed by atoms with van der Waals surface area (Å²) in [5.74, 6) is -2.04. The Morgan fingerprint density at radius 3 is 2.13 bits per heavy atom. The molecule has 0 bridgehead atoms. The van der Waals surface area contributed by atoms with Crippen LogP contribution in [0.5, 0.6) is 0 Å². The lowest BCUT2D eigenvalue weighted by Gasteiger charge is -2.28. The third kappa shape index (κ3) is 5.64. The third-order valence-corrected chi connectivity index (χ3v) is 6.98. The number of carbonyl (C=O) groups excluding carboxylic acids is 1. The first-order valence-electron chi connectivity index (χ1n) is 11.6. The van der Waals surface area contributed by atoms with Crippen LogP contribution in [-0.2, 0) is 25.2 Å². The van der Waals surface area contributed by atoms with Gasteiger partial charge in [-0.2, -0.15) is 13.2 Å². The van der Waals surface area contributed by atoms with Crippen LogP contribution < -0.4 is 10.0 Å². The number of rotatable bonds is 8. The summed E-state index contributed by atoms with van der Waals surface area (Å²) in [5.41, 5.74) is -2.92. The smallest absolute Gasteiger partial charge is 0.432 e. The number of esters is 1. The van der Waals surface area contributed by atoms with E-state index in [2.05, 4.69) is 24.7 Å². The number of nitrogens with zero attached hydrogens (tertiary/aromatic N) is 2. The summed E-state index contributed by atoms with van der Waals surface area (Å²) >= 11 is 0. The van der Waals surface area contributed by atoms with Crippen LogP contribution in [0.4, 0.5) is 30.5 Å². The largest absolute Gasteiger partial charge is 0.463 e. The van der Waals surface area contributed by atoms with Gasteiger partial charge in [0.05, 0.1) is 22.5 Å². The number of carbonyl (C=O) groups is 1. The van der Waals surface area contributed by atoms with Gasteiger partial charge in [-0.05, 0) is 55.8 Å². The van der Waals surface area contributed by atoms with E-state index in [9.17, 15) is 31.5 Å². The van der Waals surface area contributed by atoms with Crippen LogP contribution in [-0.4, -0.2) is 42.2 Å². The van der Waals surface area contributed by atoms with E-state index < -0.39 is 33.3 Å². The predicted molar refractivity (Wildman–Crippen MR) is 138 cm³/mol. The summed E-state index contributed by atoms with van der Waals surface area (Å²) in [7, 11) is -4.08. The molecule has 1 atom stereocenters. The van der Waals surface area contributed by atoms with E-state index in [-0.39, 0.29) is 28.8 Å². The fourth-order valence-electron chi connectivity index (χ4n) is 3.69. The number of aliphatic hydroxyl groups is 1. The Bertz CT molecular complexity index is 1630. The van der Waals surface area contributed by atoms with Crippen molar-refractivity contribution in [3.8, 4) is 0 Å². The van der Waals surface area contributed by atoms with Crippen LogP contribution in [0.1, 0.15) is 18.1 Å². The number of aryl methyl sites for hydroxylation is 1. The van der Waals surface area contributed by atoms with Crippen molar-refractivity contribution in [1.29, 1.82) is 0 Å². The van der Waals surface area contributed by atoms with Gasteiger partial charge in [-0.1, -0.05) is 36.4 Å². The highest BCUT2D eigenvalue weighted by Crippen LogP contribution is 2.40. The number of aromatic nitrogens is 2. The average molecular weight is 561 g/mol. The quantitative estimate of drug-likeness (QED) is 0.262. The lowest BCUT2D eigenvalue weighted by molar-refractivity contribution is -0.267. The number of anilines is 3. The number of para-hydroxylation sites is 2. The van der Waals surface area contributed by atoms with Crippen LogP contribution in [0, 0.1) is 6.92 Å².